The van der Waals surface area contributed by atoms with Crippen LogP contribution in [0.5, 0.6) is 5.75 Å². The maximum absolute atomic E-state index is 12.6. The highest BCUT2D eigenvalue weighted by molar-refractivity contribution is 7.89. The molecule has 2 aromatic carbocycles. The first kappa shape index (κ1) is 20.3. The standard InChI is InChI=1S/C20H24N2O5S/c1-15-4-3-5-18(14-15)27-16(2)20(23)21-17-6-8-19(9-7-17)28(24,25)22-10-12-26-13-11-22/h3-9,14,16H,10-13H2,1-2H3,(H,21,23)/t16-/m0/s1. The van der Waals surface area contributed by atoms with Gasteiger partial charge in [-0.05, 0) is 55.8 Å². The van der Waals surface area contributed by atoms with E-state index in [9.17, 15) is 13.2 Å². The molecule has 1 amide bonds. The Balaban J connectivity index is 1.62. The number of hydrogen-bond donors (Lipinski definition) is 1. The van der Waals surface area contributed by atoms with Crippen molar-refractivity contribution >= 4 is 21.6 Å². The fourth-order valence-electron chi connectivity index (χ4n) is 2.84. The lowest BCUT2D eigenvalue weighted by molar-refractivity contribution is -0.122. The predicted molar refractivity (Wildman–Crippen MR) is 106 cm³/mol. The number of carbonyl (C=O) groups is 1. The van der Waals surface area contributed by atoms with Crippen LogP contribution in [-0.4, -0.2) is 51.0 Å². The van der Waals surface area contributed by atoms with Crippen LogP contribution < -0.4 is 10.1 Å². The molecule has 0 bridgehead atoms. The molecule has 1 heterocycles. The highest BCUT2D eigenvalue weighted by Gasteiger charge is 2.26. The van der Waals surface area contributed by atoms with Crippen LogP contribution >= 0.6 is 0 Å². The molecule has 1 N–H and O–H groups in total. The molecule has 1 atom stereocenters. The van der Waals surface area contributed by atoms with Gasteiger partial charge in [0.2, 0.25) is 10.0 Å². The minimum atomic E-state index is -3.55. The number of hydrogen-bond acceptors (Lipinski definition) is 5. The number of morpholine rings is 1. The van der Waals surface area contributed by atoms with Crippen LogP contribution in [-0.2, 0) is 19.6 Å². The Morgan fingerprint density at radius 1 is 1.14 bits per heavy atom. The second-order valence-electron chi connectivity index (χ2n) is 6.61. The molecule has 8 heteroatoms. The summed E-state index contributed by atoms with van der Waals surface area (Å²) in [5.41, 5.74) is 1.55. The van der Waals surface area contributed by atoms with E-state index in [1.165, 1.54) is 16.4 Å². The van der Waals surface area contributed by atoms with Crippen molar-refractivity contribution in [3.8, 4) is 5.75 Å². The summed E-state index contributed by atoms with van der Waals surface area (Å²) in [6.45, 7) is 5.08. The Labute approximate surface area is 165 Å². The number of nitrogens with zero attached hydrogens (tertiary/aromatic N) is 1. The van der Waals surface area contributed by atoms with Crippen LogP contribution in [0.2, 0.25) is 0 Å². The van der Waals surface area contributed by atoms with Crippen molar-refractivity contribution in [1.82, 2.24) is 4.31 Å². The summed E-state index contributed by atoms with van der Waals surface area (Å²) in [5.74, 6) is 0.305. The third-order valence-corrected chi connectivity index (χ3v) is 6.31. The molecule has 0 unspecified atom stereocenters. The number of nitrogens with one attached hydrogen (secondary N) is 1. The first-order chi connectivity index (χ1) is 13.4. The van der Waals surface area contributed by atoms with Crippen LogP contribution in [0.4, 0.5) is 5.69 Å². The summed E-state index contributed by atoms with van der Waals surface area (Å²) in [6, 6.07) is 13.6. The molecular formula is C20H24N2O5S. The molecule has 1 fully saturated rings. The molecule has 2 aromatic rings. The van der Waals surface area contributed by atoms with Crippen molar-refractivity contribution in [2.24, 2.45) is 0 Å². The van der Waals surface area contributed by atoms with Crippen molar-refractivity contribution in [2.75, 3.05) is 31.6 Å². The molecule has 3 rings (SSSR count). The van der Waals surface area contributed by atoms with Gasteiger partial charge in [0.1, 0.15) is 5.75 Å². The number of ether oxygens (including phenoxy) is 2. The zero-order valence-electron chi connectivity index (χ0n) is 15.9. The number of aryl methyl sites for hydroxylation is 1. The van der Waals surface area contributed by atoms with Crippen LogP contribution in [0.25, 0.3) is 0 Å². The Morgan fingerprint density at radius 3 is 2.46 bits per heavy atom. The van der Waals surface area contributed by atoms with Gasteiger partial charge >= 0.3 is 0 Å². The second-order valence-corrected chi connectivity index (χ2v) is 8.54. The van der Waals surface area contributed by atoms with E-state index < -0.39 is 16.1 Å². The summed E-state index contributed by atoms with van der Waals surface area (Å²) in [4.78, 5) is 12.5. The highest BCUT2D eigenvalue weighted by atomic mass is 32.2. The van der Waals surface area contributed by atoms with Gasteiger partial charge in [-0.2, -0.15) is 4.31 Å². The van der Waals surface area contributed by atoms with E-state index in [1.54, 1.807) is 25.1 Å². The molecule has 150 valence electrons. The maximum Gasteiger partial charge on any atom is 0.265 e. The topological polar surface area (TPSA) is 84.9 Å². The molecular weight excluding hydrogens is 380 g/mol. The van der Waals surface area contributed by atoms with E-state index in [0.717, 1.165) is 5.56 Å². The number of sulfonamides is 1. The van der Waals surface area contributed by atoms with Crippen LogP contribution in [0.3, 0.4) is 0 Å². The second kappa shape index (κ2) is 8.72. The number of rotatable bonds is 6. The Morgan fingerprint density at radius 2 is 1.82 bits per heavy atom. The molecule has 0 saturated carbocycles. The first-order valence-electron chi connectivity index (χ1n) is 9.08. The third kappa shape index (κ3) is 4.89. The lowest BCUT2D eigenvalue weighted by atomic mass is 10.2. The van der Waals surface area contributed by atoms with Gasteiger partial charge in [0, 0.05) is 18.8 Å². The van der Waals surface area contributed by atoms with E-state index in [0.29, 0.717) is 37.7 Å². The van der Waals surface area contributed by atoms with Gasteiger partial charge < -0.3 is 14.8 Å². The van der Waals surface area contributed by atoms with E-state index in [2.05, 4.69) is 5.32 Å². The van der Waals surface area contributed by atoms with Crippen molar-refractivity contribution in [3.05, 3.63) is 54.1 Å². The van der Waals surface area contributed by atoms with Gasteiger partial charge in [-0.15, -0.1) is 0 Å². The van der Waals surface area contributed by atoms with Gasteiger partial charge in [0.25, 0.3) is 5.91 Å². The summed E-state index contributed by atoms with van der Waals surface area (Å²) < 4.78 is 37.5. The average Bonchev–Trinajstić information content (AvgIpc) is 2.69. The summed E-state index contributed by atoms with van der Waals surface area (Å²) in [6.07, 6.45) is -0.696. The van der Waals surface area contributed by atoms with Crippen molar-refractivity contribution in [3.63, 3.8) is 0 Å². The monoisotopic (exact) mass is 404 g/mol. The molecule has 1 aliphatic rings. The van der Waals surface area contributed by atoms with Crippen molar-refractivity contribution in [1.29, 1.82) is 0 Å². The Kier molecular flexibility index (Phi) is 6.33. The Hall–Kier alpha value is -2.42. The molecule has 1 saturated heterocycles. The van der Waals surface area contributed by atoms with E-state index in [4.69, 9.17) is 9.47 Å². The van der Waals surface area contributed by atoms with Crippen LogP contribution in [0.1, 0.15) is 12.5 Å². The smallest absolute Gasteiger partial charge is 0.265 e. The summed E-state index contributed by atoms with van der Waals surface area (Å²) in [5, 5.41) is 2.74. The molecule has 0 spiro atoms. The minimum absolute atomic E-state index is 0.191. The molecule has 0 aromatic heterocycles. The first-order valence-corrected chi connectivity index (χ1v) is 10.5. The van der Waals surface area contributed by atoms with Gasteiger partial charge in [-0.25, -0.2) is 8.42 Å². The van der Waals surface area contributed by atoms with Gasteiger partial charge in [-0.3, -0.25) is 4.79 Å². The lowest BCUT2D eigenvalue weighted by Gasteiger charge is -2.26. The van der Waals surface area contributed by atoms with Gasteiger partial charge in [-0.1, -0.05) is 12.1 Å². The van der Waals surface area contributed by atoms with Crippen LogP contribution in [0, 0.1) is 6.92 Å². The highest BCUT2D eigenvalue weighted by Crippen LogP contribution is 2.20. The quantitative estimate of drug-likeness (QED) is 0.799. The molecule has 28 heavy (non-hydrogen) atoms. The Bertz CT molecular complexity index is 922. The maximum atomic E-state index is 12.6. The molecule has 1 aliphatic heterocycles. The van der Waals surface area contributed by atoms with E-state index in [1.807, 2.05) is 25.1 Å². The average molecular weight is 404 g/mol. The minimum Gasteiger partial charge on any atom is -0.481 e. The van der Waals surface area contributed by atoms with Gasteiger partial charge in [0.05, 0.1) is 18.1 Å². The summed E-state index contributed by atoms with van der Waals surface area (Å²) >= 11 is 0. The van der Waals surface area contributed by atoms with Crippen molar-refractivity contribution < 1.29 is 22.7 Å². The van der Waals surface area contributed by atoms with E-state index in [-0.39, 0.29) is 10.8 Å². The van der Waals surface area contributed by atoms with E-state index >= 15 is 0 Å². The normalized spacial score (nSPS) is 16.4. The lowest BCUT2D eigenvalue weighted by Crippen LogP contribution is -2.40. The summed E-state index contributed by atoms with van der Waals surface area (Å²) in [7, 11) is -3.55. The molecule has 0 radical (unpaired) electrons. The fraction of sp³-hybridized carbons (Fsp3) is 0.350. The molecule has 7 nitrogen and oxygen atoms in total. The number of amides is 1. The number of anilines is 1. The molecule has 0 aliphatic carbocycles. The van der Waals surface area contributed by atoms with Crippen LogP contribution in [0.15, 0.2) is 53.4 Å². The largest absolute Gasteiger partial charge is 0.481 e. The third-order valence-electron chi connectivity index (χ3n) is 4.40. The van der Waals surface area contributed by atoms with Crippen molar-refractivity contribution in [2.45, 2.75) is 24.8 Å². The zero-order chi connectivity index (χ0) is 20.1. The van der Waals surface area contributed by atoms with Gasteiger partial charge in [0.15, 0.2) is 6.10 Å². The number of carbonyl (C=O) groups excluding carboxylic acids is 1. The predicted octanol–water partition coefficient (Wildman–Crippen LogP) is 2.42. The number of benzene rings is 2. The SMILES string of the molecule is Cc1cccc(O[C@@H](C)C(=O)Nc2ccc(S(=O)(=O)N3CCOCC3)cc2)c1. The zero-order valence-corrected chi connectivity index (χ0v) is 16.7. The fourth-order valence-corrected chi connectivity index (χ4v) is 4.24.